The van der Waals surface area contributed by atoms with Gasteiger partial charge in [0.25, 0.3) is 5.88 Å². The van der Waals surface area contributed by atoms with Crippen LogP contribution in [0.1, 0.15) is 5.56 Å². The Bertz CT molecular complexity index is 576. The van der Waals surface area contributed by atoms with Gasteiger partial charge in [0.1, 0.15) is 12.8 Å². The molecular weight excluding hydrogens is 242 g/mol. The van der Waals surface area contributed by atoms with E-state index in [1.54, 1.807) is 24.3 Å². The molecule has 1 heterocycles. The first-order valence-electron chi connectivity index (χ1n) is 4.83. The van der Waals surface area contributed by atoms with Crippen molar-refractivity contribution in [3.63, 3.8) is 0 Å². The highest BCUT2D eigenvalue weighted by Gasteiger charge is 2.06. The monoisotopic (exact) mass is 253 g/mol. The van der Waals surface area contributed by atoms with Gasteiger partial charge in [0.05, 0.1) is 4.90 Å². The summed E-state index contributed by atoms with van der Waals surface area (Å²) in [6.45, 7) is 0.316. The lowest BCUT2D eigenvalue weighted by Gasteiger charge is -2.03. The van der Waals surface area contributed by atoms with E-state index in [0.717, 1.165) is 5.56 Å². The molecule has 0 amide bonds. The first kappa shape index (κ1) is 11.6. The third kappa shape index (κ3) is 3.04. The molecule has 0 aliphatic rings. The van der Waals surface area contributed by atoms with Crippen molar-refractivity contribution < 1.29 is 13.2 Å². The van der Waals surface area contributed by atoms with Gasteiger partial charge in [0, 0.05) is 6.26 Å². The smallest absolute Gasteiger partial charge is 0.253 e. The topological polar surface area (TPSA) is 84.9 Å². The van der Waals surface area contributed by atoms with Crippen molar-refractivity contribution in [1.82, 2.24) is 15.4 Å². The molecule has 1 N–H and O–H groups in total. The molecule has 90 valence electrons. The van der Waals surface area contributed by atoms with Crippen LogP contribution in [0.3, 0.4) is 0 Å². The van der Waals surface area contributed by atoms with Crippen LogP contribution >= 0.6 is 0 Å². The number of hydrogen-bond donors (Lipinski definition) is 1. The van der Waals surface area contributed by atoms with Gasteiger partial charge in [-0.15, -0.1) is 5.10 Å². The van der Waals surface area contributed by atoms with E-state index in [1.165, 1.54) is 12.5 Å². The van der Waals surface area contributed by atoms with Gasteiger partial charge >= 0.3 is 0 Å². The predicted molar refractivity (Wildman–Crippen MR) is 60.3 cm³/mol. The van der Waals surface area contributed by atoms with Crippen molar-refractivity contribution in [1.29, 1.82) is 0 Å². The molecular formula is C10H11N3O3S. The van der Waals surface area contributed by atoms with Gasteiger partial charge in [-0.1, -0.05) is 12.1 Å². The molecule has 0 atom stereocenters. The Kier molecular flexibility index (Phi) is 3.10. The zero-order valence-electron chi connectivity index (χ0n) is 9.12. The summed E-state index contributed by atoms with van der Waals surface area (Å²) in [7, 11) is -3.15. The lowest BCUT2D eigenvalue weighted by molar-refractivity contribution is 0.293. The van der Waals surface area contributed by atoms with E-state index in [9.17, 15) is 8.42 Å². The zero-order chi connectivity index (χ0) is 12.3. The van der Waals surface area contributed by atoms with Gasteiger partial charge < -0.3 is 4.74 Å². The van der Waals surface area contributed by atoms with E-state index in [0.29, 0.717) is 17.4 Å². The molecule has 0 saturated carbocycles. The lowest BCUT2D eigenvalue weighted by atomic mass is 10.2. The minimum Gasteiger partial charge on any atom is -0.471 e. The summed E-state index contributed by atoms with van der Waals surface area (Å²) >= 11 is 0. The SMILES string of the molecule is CS(=O)(=O)c1ccc(COc2cn[nH]n2)cc1. The van der Waals surface area contributed by atoms with E-state index in [4.69, 9.17) is 4.74 Å². The van der Waals surface area contributed by atoms with E-state index >= 15 is 0 Å². The number of hydrogen-bond acceptors (Lipinski definition) is 5. The number of nitrogens with zero attached hydrogens (tertiary/aromatic N) is 2. The van der Waals surface area contributed by atoms with Crippen LogP contribution in [0.2, 0.25) is 0 Å². The molecule has 0 radical (unpaired) electrons. The van der Waals surface area contributed by atoms with Gasteiger partial charge in [-0.2, -0.15) is 10.3 Å². The van der Waals surface area contributed by atoms with E-state index < -0.39 is 9.84 Å². The summed E-state index contributed by atoms with van der Waals surface area (Å²) in [4.78, 5) is 0.294. The predicted octanol–water partition coefficient (Wildman–Crippen LogP) is 0.787. The van der Waals surface area contributed by atoms with Crippen LogP contribution in [-0.2, 0) is 16.4 Å². The summed E-state index contributed by atoms with van der Waals surface area (Å²) in [5.41, 5.74) is 0.861. The number of sulfone groups is 1. The largest absolute Gasteiger partial charge is 0.471 e. The molecule has 0 bridgehead atoms. The molecule has 0 aliphatic heterocycles. The normalized spacial score (nSPS) is 11.4. The van der Waals surface area contributed by atoms with Crippen molar-refractivity contribution in [3.8, 4) is 5.88 Å². The fourth-order valence-electron chi connectivity index (χ4n) is 1.25. The quantitative estimate of drug-likeness (QED) is 0.870. The molecule has 1 aromatic carbocycles. The summed E-state index contributed by atoms with van der Waals surface area (Å²) in [6, 6.07) is 6.51. The van der Waals surface area contributed by atoms with Crippen LogP contribution in [0.25, 0.3) is 0 Å². The molecule has 1 aromatic heterocycles. The van der Waals surface area contributed by atoms with Crippen molar-refractivity contribution in [2.45, 2.75) is 11.5 Å². The highest BCUT2D eigenvalue weighted by Crippen LogP contribution is 2.12. The number of nitrogens with one attached hydrogen (secondary N) is 1. The van der Waals surface area contributed by atoms with Gasteiger partial charge in [0.2, 0.25) is 0 Å². The van der Waals surface area contributed by atoms with Crippen LogP contribution in [0, 0.1) is 0 Å². The fraction of sp³-hybridized carbons (Fsp3) is 0.200. The molecule has 17 heavy (non-hydrogen) atoms. The molecule has 7 heteroatoms. The molecule has 0 aliphatic carbocycles. The van der Waals surface area contributed by atoms with Crippen molar-refractivity contribution in [2.24, 2.45) is 0 Å². The standard InChI is InChI=1S/C10H11N3O3S/c1-17(14,15)9-4-2-8(3-5-9)7-16-10-6-11-13-12-10/h2-6H,7H2,1H3,(H,11,12,13). The molecule has 0 fully saturated rings. The van der Waals surface area contributed by atoms with Crippen LogP contribution in [0.5, 0.6) is 5.88 Å². The first-order chi connectivity index (χ1) is 8.05. The third-order valence-electron chi connectivity index (χ3n) is 2.13. The van der Waals surface area contributed by atoms with Crippen LogP contribution < -0.4 is 4.74 Å². The summed E-state index contributed by atoms with van der Waals surface area (Å²) in [5.74, 6) is 0.400. The Morgan fingerprint density at radius 1 is 1.29 bits per heavy atom. The second-order valence-electron chi connectivity index (χ2n) is 3.51. The number of benzene rings is 1. The first-order valence-corrected chi connectivity index (χ1v) is 6.72. The average molecular weight is 253 g/mol. The second-order valence-corrected chi connectivity index (χ2v) is 5.53. The average Bonchev–Trinajstić information content (AvgIpc) is 2.78. The second kappa shape index (κ2) is 4.54. The van der Waals surface area contributed by atoms with E-state index in [1.807, 2.05) is 0 Å². The number of aromatic nitrogens is 3. The van der Waals surface area contributed by atoms with Crippen LogP contribution in [0.4, 0.5) is 0 Å². The maximum Gasteiger partial charge on any atom is 0.253 e. The van der Waals surface area contributed by atoms with Gasteiger partial charge in [-0.25, -0.2) is 8.42 Å². The number of rotatable bonds is 4. The summed E-state index contributed by atoms with van der Waals surface area (Å²) in [5, 5.41) is 9.77. The van der Waals surface area contributed by atoms with Crippen molar-refractivity contribution >= 4 is 9.84 Å². The molecule has 0 saturated heterocycles. The van der Waals surface area contributed by atoms with Crippen LogP contribution in [-0.4, -0.2) is 30.1 Å². The Hall–Kier alpha value is -1.89. The van der Waals surface area contributed by atoms with Gasteiger partial charge in [0.15, 0.2) is 9.84 Å². The highest BCUT2D eigenvalue weighted by molar-refractivity contribution is 7.90. The lowest BCUT2D eigenvalue weighted by Crippen LogP contribution is -1.99. The maximum atomic E-state index is 11.2. The van der Waals surface area contributed by atoms with E-state index in [2.05, 4.69) is 15.4 Å². The molecule has 0 unspecified atom stereocenters. The molecule has 6 nitrogen and oxygen atoms in total. The minimum absolute atomic E-state index is 0.294. The number of ether oxygens (including phenoxy) is 1. The zero-order valence-corrected chi connectivity index (χ0v) is 9.94. The highest BCUT2D eigenvalue weighted by atomic mass is 32.2. The number of aromatic amines is 1. The maximum absolute atomic E-state index is 11.2. The minimum atomic E-state index is -3.15. The molecule has 0 spiro atoms. The Morgan fingerprint density at radius 3 is 2.53 bits per heavy atom. The van der Waals surface area contributed by atoms with Gasteiger partial charge in [-0.05, 0) is 17.7 Å². The van der Waals surface area contributed by atoms with Gasteiger partial charge in [-0.3, -0.25) is 0 Å². The Labute approximate surface area is 98.5 Å². The van der Waals surface area contributed by atoms with E-state index in [-0.39, 0.29) is 0 Å². The fourth-order valence-corrected chi connectivity index (χ4v) is 1.88. The molecule has 2 aromatic rings. The Morgan fingerprint density at radius 2 is 2.00 bits per heavy atom. The van der Waals surface area contributed by atoms with Crippen LogP contribution in [0.15, 0.2) is 35.4 Å². The third-order valence-corrected chi connectivity index (χ3v) is 3.26. The number of H-pyrrole nitrogens is 1. The Balaban J connectivity index is 2.04. The molecule has 2 rings (SSSR count). The summed E-state index contributed by atoms with van der Waals surface area (Å²) in [6.07, 6.45) is 2.64. The van der Waals surface area contributed by atoms with Crippen molar-refractivity contribution in [2.75, 3.05) is 6.26 Å². The van der Waals surface area contributed by atoms with Crippen molar-refractivity contribution in [3.05, 3.63) is 36.0 Å². The summed E-state index contributed by atoms with van der Waals surface area (Å²) < 4.78 is 27.8.